The summed E-state index contributed by atoms with van der Waals surface area (Å²) in [4.78, 5) is 30.4. The fourth-order valence-electron chi connectivity index (χ4n) is 4.59. The normalized spacial score (nSPS) is 10.7. The van der Waals surface area contributed by atoms with Gasteiger partial charge in [0.05, 0.1) is 39.6 Å². The molecule has 0 bridgehead atoms. The van der Waals surface area contributed by atoms with Crippen molar-refractivity contribution in [3.05, 3.63) is 120 Å². The van der Waals surface area contributed by atoms with Crippen LogP contribution in [-0.4, -0.2) is 51.5 Å². The van der Waals surface area contributed by atoms with E-state index in [-0.39, 0.29) is 45.2 Å². The van der Waals surface area contributed by atoms with Crippen LogP contribution in [0.4, 0.5) is 0 Å². The summed E-state index contributed by atoms with van der Waals surface area (Å²) in [5, 5.41) is 17.0. The zero-order valence-corrected chi connectivity index (χ0v) is 28.0. The molecule has 2 heterocycles. The molecular formula is C35H35BN4NaO3. The SMILES string of the molecule is CC(=O)c1nc2cccc(C)c2nc1-c1ccccc1.CO.Cc1cccc2nc(C(C)O)c(-c3ccccc3)nc12.[B].[H-].[Na+]. The summed E-state index contributed by atoms with van der Waals surface area (Å²) in [5.41, 5.74) is 9.79. The molecule has 0 saturated heterocycles. The second kappa shape index (κ2) is 16.9. The van der Waals surface area contributed by atoms with Gasteiger partial charge in [0.2, 0.25) is 0 Å². The standard InChI is InChI=1S/C17H16N2O.C17H14N2O.CH4O.B.Na.H/c2*1-11-7-6-10-14-15(11)19-17(16(18-14)12(2)20)13-8-4-3-5-9-13;1-2;;;/h3-10,12,20H,1-2H3;3-10H,1-2H3;2H,1H3;;;/q;;;;+1;-1. The Morgan fingerprint density at radius 3 is 1.55 bits per heavy atom. The molecule has 2 N–H and O–H groups in total. The molecule has 44 heavy (non-hydrogen) atoms. The molecule has 2 aromatic heterocycles. The van der Waals surface area contributed by atoms with Crippen LogP contribution in [0.5, 0.6) is 0 Å². The Hall–Kier alpha value is -3.79. The van der Waals surface area contributed by atoms with Gasteiger partial charge in [-0.2, -0.15) is 0 Å². The minimum Gasteiger partial charge on any atom is -1.00 e. The van der Waals surface area contributed by atoms with Crippen molar-refractivity contribution in [3.63, 3.8) is 0 Å². The summed E-state index contributed by atoms with van der Waals surface area (Å²) in [6, 6.07) is 31.3. The van der Waals surface area contributed by atoms with Gasteiger partial charge in [0.25, 0.3) is 0 Å². The number of aliphatic hydroxyl groups excluding tert-OH is 2. The summed E-state index contributed by atoms with van der Waals surface area (Å²) in [6.07, 6.45) is -0.650. The van der Waals surface area contributed by atoms with Crippen LogP contribution in [0.15, 0.2) is 97.1 Å². The van der Waals surface area contributed by atoms with Crippen LogP contribution >= 0.6 is 0 Å². The zero-order valence-electron chi connectivity index (χ0n) is 27.0. The fraction of sp³-hybridized carbons (Fsp3) is 0.171. The van der Waals surface area contributed by atoms with E-state index in [2.05, 4.69) is 15.0 Å². The van der Waals surface area contributed by atoms with Crippen molar-refractivity contribution in [2.75, 3.05) is 7.11 Å². The van der Waals surface area contributed by atoms with E-state index in [4.69, 9.17) is 10.1 Å². The van der Waals surface area contributed by atoms with E-state index in [1.807, 2.05) is 111 Å². The Morgan fingerprint density at radius 2 is 1.09 bits per heavy atom. The van der Waals surface area contributed by atoms with Crippen LogP contribution in [0.1, 0.15) is 48.7 Å². The first-order valence-electron chi connectivity index (χ1n) is 13.6. The molecule has 1 atom stereocenters. The predicted molar refractivity (Wildman–Crippen MR) is 175 cm³/mol. The number of carbonyl (C=O) groups excluding carboxylic acids is 1. The molecule has 0 aliphatic carbocycles. The minimum atomic E-state index is -0.650. The first-order valence-corrected chi connectivity index (χ1v) is 13.6. The number of Topliss-reactive ketones (excluding diaryl/α,β-unsaturated/α-hetero) is 1. The van der Waals surface area contributed by atoms with Gasteiger partial charge in [-0.25, -0.2) is 19.9 Å². The van der Waals surface area contributed by atoms with Crippen LogP contribution in [0.2, 0.25) is 0 Å². The van der Waals surface area contributed by atoms with Crippen molar-refractivity contribution in [1.29, 1.82) is 0 Å². The molecule has 9 heteroatoms. The number of fused-ring (bicyclic) bond motifs is 2. The Bertz CT molecular complexity index is 1840. The Morgan fingerprint density at radius 1 is 0.659 bits per heavy atom. The second-order valence-corrected chi connectivity index (χ2v) is 9.73. The maximum absolute atomic E-state index is 11.9. The molecule has 6 aromatic rings. The number of aliphatic hydroxyl groups is 2. The van der Waals surface area contributed by atoms with Crippen LogP contribution < -0.4 is 29.6 Å². The van der Waals surface area contributed by atoms with Crippen LogP contribution in [-0.2, 0) is 0 Å². The number of aryl methyl sites for hydroxylation is 2. The van der Waals surface area contributed by atoms with Gasteiger partial charge in [0.1, 0.15) is 11.4 Å². The van der Waals surface area contributed by atoms with E-state index in [0.29, 0.717) is 17.1 Å². The molecule has 1 unspecified atom stereocenters. The molecule has 6 rings (SSSR count). The zero-order chi connectivity index (χ0) is 30.2. The number of ketones is 1. The third kappa shape index (κ3) is 8.23. The predicted octanol–water partition coefficient (Wildman–Crippen LogP) is 3.81. The summed E-state index contributed by atoms with van der Waals surface area (Å²) in [5.74, 6) is -0.0697. The molecule has 0 fully saturated rings. The average Bonchev–Trinajstić information content (AvgIpc) is 3.02. The maximum Gasteiger partial charge on any atom is 1.00 e. The first-order chi connectivity index (χ1) is 20.3. The van der Waals surface area contributed by atoms with Crippen LogP contribution in [0.3, 0.4) is 0 Å². The van der Waals surface area contributed by atoms with Crippen molar-refractivity contribution < 1.29 is 46.0 Å². The van der Waals surface area contributed by atoms with Crippen LogP contribution in [0.25, 0.3) is 44.6 Å². The van der Waals surface area contributed by atoms with E-state index in [1.165, 1.54) is 6.92 Å². The van der Waals surface area contributed by atoms with Gasteiger partial charge in [0.15, 0.2) is 5.78 Å². The number of carbonyl (C=O) groups is 1. The van der Waals surface area contributed by atoms with E-state index < -0.39 is 6.10 Å². The molecule has 0 saturated carbocycles. The second-order valence-electron chi connectivity index (χ2n) is 9.73. The van der Waals surface area contributed by atoms with E-state index in [1.54, 1.807) is 6.92 Å². The first kappa shape index (κ1) is 36.4. The Labute approximate surface area is 283 Å². The molecule has 7 nitrogen and oxygen atoms in total. The monoisotopic (exact) mass is 593 g/mol. The third-order valence-corrected chi connectivity index (χ3v) is 6.64. The summed E-state index contributed by atoms with van der Waals surface area (Å²) < 4.78 is 0. The topological polar surface area (TPSA) is 109 Å². The summed E-state index contributed by atoms with van der Waals surface area (Å²) in [7, 11) is 1.00. The maximum atomic E-state index is 11.9. The Kier molecular flexibility index (Phi) is 14.0. The molecule has 4 aromatic carbocycles. The molecule has 0 amide bonds. The number of hydrogen-bond donors (Lipinski definition) is 2. The number of benzene rings is 4. The molecule has 0 aliphatic rings. The molecular weight excluding hydrogens is 558 g/mol. The molecule has 217 valence electrons. The van der Waals surface area contributed by atoms with E-state index in [9.17, 15) is 9.90 Å². The van der Waals surface area contributed by atoms with E-state index in [0.717, 1.165) is 57.1 Å². The number of aromatic nitrogens is 4. The van der Waals surface area contributed by atoms with Gasteiger partial charge in [0, 0.05) is 33.6 Å². The van der Waals surface area contributed by atoms with Crippen molar-refractivity contribution in [3.8, 4) is 22.5 Å². The minimum absolute atomic E-state index is 0. The summed E-state index contributed by atoms with van der Waals surface area (Å²) >= 11 is 0. The third-order valence-electron chi connectivity index (χ3n) is 6.64. The molecule has 0 spiro atoms. The van der Waals surface area contributed by atoms with Gasteiger partial charge < -0.3 is 11.6 Å². The molecule has 0 aliphatic heterocycles. The Balaban J connectivity index is 0.000000401. The van der Waals surface area contributed by atoms with Gasteiger partial charge in [-0.15, -0.1) is 0 Å². The number of nitrogens with zero attached hydrogens (tertiary/aromatic N) is 4. The largest absolute Gasteiger partial charge is 1.00 e. The van der Waals surface area contributed by atoms with Crippen LogP contribution in [0, 0.1) is 13.8 Å². The fourth-order valence-corrected chi connectivity index (χ4v) is 4.59. The van der Waals surface area contributed by atoms with Crippen molar-refractivity contribution in [2.45, 2.75) is 33.8 Å². The summed E-state index contributed by atoms with van der Waals surface area (Å²) in [6.45, 7) is 7.27. The van der Waals surface area contributed by atoms with Crippen molar-refractivity contribution >= 4 is 36.3 Å². The van der Waals surface area contributed by atoms with Gasteiger partial charge in [-0.1, -0.05) is 84.9 Å². The number of hydrogen-bond acceptors (Lipinski definition) is 7. The van der Waals surface area contributed by atoms with Crippen molar-refractivity contribution in [2.24, 2.45) is 0 Å². The quantitative estimate of drug-likeness (QED) is 0.237. The number of para-hydroxylation sites is 2. The van der Waals surface area contributed by atoms with Gasteiger partial charge in [-0.05, 0) is 44.0 Å². The van der Waals surface area contributed by atoms with Crippen molar-refractivity contribution in [1.82, 2.24) is 19.9 Å². The van der Waals surface area contributed by atoms with E-state index >= 15 is 0 Å². The van der Waals surface area contributed by atoms with Gasteiger partial charge >= 0.3 is 29.6 Å². The molecule has 3 radical (unpaired) electrons. The van der Waals surface area contributed by atoms with Gasteiger partial charge in [-0.3, -0.25) is 4.79 Å². The smallest absolute Gasteiger partial charge is 1.00 e. The number of rotatable bonds is 4. The average molecular weight is 593 g/mol.